The smallest absolute Gasteiger partial charge is 0.341 e. The van der Waals surface area contributed by atoms with Gasteiger partial charge in [-0.05, 0) is 57.0 Å². The maximum atomic E-state index is 13.1. The zero-order valence-electron chi connectivity index (χ0n) is 18.3. The number of hydrogen-bond donors (Lipinski definition) is 1. The van der Waals surface area contributed by atoms with Gasteiger partial charge in [0.15, 0.2) is 9.84 Å². The third kappa shape index (κ3) is 5.54. The van der Waals surface area contributed by atoms with Crippen molar-refractivity contribution in [3.8, 4) is 0 Å². The Morgan fingerprint density at radius 3 is 2.56 bits per heavy atom. The molecule has 0 spiro atoms. The third-order valence-corrected chi connectivity index (χ3v) is 8.18. The van der Waals surface area contributed by atoms with Gasteiger partial charge in [0.1, 0.15) is 10.8 Å². The van der Waals surface area contributed by atoms with Crippen LogP contribution in [0.4, 0.5) is 9.39 Å². The molecule has 10 heteroatoms. The normalized spacial score (nSPS) is 14.3. The summed E-state index contributed by atoms with van der Waals surface area (Å²) in [7, 11) is -3.74. The number of amides is 1. The van der Waals surface area contributed by atoms with Gasteiger partial charge in [-0.2, -0.15) is 0 Å². The van der Waals surface area contributed by atoms with Crippen LogP contribution in [0.25, 0.3) is 0 Å². The Morgan fingerprint density at radius 1 is 1.25 bits per heavy atom. The van der Waals surface area contributed by atoms with Gasteiger partial charge in [0.2, 0.25) is 5.91 Å². The number of carbonyl (C=O) groups is 2. The summed E-state index contributed by atoms with van der Waals surface area (Å²) in [5.41, 5.74) is 1.25. The van der Waals surface area contributed by atoms with Crippen LogP contribution in [0.2, 0.25) is 0 Å². The second-order valence-corrected chi connectivity index (χ2v) is 11.0. The zero-order valence-corrected chi connectivity index (χ0v) is 19.9. The number of benzene rings is 1. The Balaban J connectivity index is 1.76. The van der Waals surface area contributed by atoms with E-state index in [4.69, 9.17) is 4.74 Å². The van der Waals surface area contributed by atoms with Crippen LogP contribution >= 0.6 is 11.3 Å². The molecule has 3 rings (SSSR count). The van der Waals surface area contributed by atoms with Gasteiger partial charge in [0.05, 0.1) is 22.8 Å². The van der Waals surface area contributed by atoms with Crippen LogP contribution < -0.4 is 5.32 Å². The minimum Gasteiger partial charge on any atom is -0.462 e. The molecule has 0 atom stereocenters. The van der Waals surface area contributed by atoms with E-state index in [1.54, 1.807) is 6.92 Å². The first-order valence-corrected chi connectivity index (χ1v) is 12.9. The molecule has 1 amide bonds. The maximum absolute atomic E-state index is 13.1. The average molecular weight is 483 g/mol. The van der Waals surface area contributed by atoms with Gasteiger partial charge >= 0.3 is 5.97 Å². The molecule has 0 unspecified atom stereocenters. The number of rotatable bonds is 8. The molecule has 7 nitrogen and oxygen atoms in total. The minimum atomic E-state index is -3.74. The number of halogens is 1. The lowest BCUT2D eigenvalue weighted by Crippen LogP contribution is -2.35. The summed E-state index contributed by atoms with van der Waals surface area (Å²) in [4.78, 5) is 28.4. The van der Waals surface area contributed by atoms with Crippen LogP contribution in [-0.2, 0) is 32.3 Å². The van der Waals surface area contributed by atoms with E-state index in [9.17, 15) is 22.4 Å². The van der Waals surface area contributed by atoms with Gasteiger partial charge in [-0.25, -0.2) is 17.6 Å². The van der Waals surface area contributed by atoms with Crippen LogP contribution in [0.1, 0.15) is 48.0 Å². The number of fused-ring (bicyclic) bond motifs is 1. The van der Waals surface area contributed by atoms with Gasteiger partial charge in [-0.3, -0.25) is 9.69 Å². The van der Waals surface area contributed by atoms with Crippen molar-refractivity contribution in [3.63, 3.8) is 0 Å². The molecule has 1 N–H and O–H groups in total. The molecule has 0 fully saturated rings. The molecule has 0 saturated heterocycles. The molecule has 2 aromatic rings. The van der Waals surface area contributed by atoms with Crippen LogP contribution in [0.3, 0.4) is 0 Å². The molecule has 0 bridgehead atoms. The topological polar surface area (TPSA) is 92.8 Å². The summed E-state index contributed by atoms with van der Waals surface area (Å²) in [6.45, 7) is 7.63. The molecule has 1 aromatic heterocycles. The zero-order chi connectivity index (χ0) is 23.5. The van der Waals surface area contributed by atoms with Crippen molar-refractivity contribution in [3.05, 3.63) is 46.1 Å². The second kappa shape index (κ2) is 10.1. The third-order valence-electron chi connectivity index (χ3n) is 5.32. The van der Waals surface area contributed by atoms with Gasteiger partial charge in [0.25, 0.3) is 0 Å². The summed E-state index contributed by atoms with van der Waals surface area (Å²) < 4.78 is 43.1. The predicted octanol–water partition coefficient (Wildman–Crippen LogP) is 3.63. The Hall–Kier alpha value is -2.30. The number of esters is 1. The average Bonchev–Trinajstić information content (AvgIpc) is 3.09. The summed E-state index contributed by atoms with van der Waals surface area (Å²) in [6, 6.07) is 4.83. The molecule has 1 aliphatic rings. The number of nitrogens with one attached hydrogen (secondary N) is 1. The van der Waals surface area contributed by atoms with Crippen molar-refractivity contribution in [2.24, 2.45) is 0 Å². The van der Waals surface area contributed by atoms with Crippen molar-refractivity contribution < 1.29 is 27.1 Å². The van der Waals surface area contributed by atoms with E-state index < -0.39 is 33.3 Å². The highest BCUT2D eigenvalue weighted by atomic mass is 32.2. The van der Waals surface area contributed by atoms with Crippen LogP contribution in [0.5, 0.6) is 0 Å². The molecule has 0 saturated carbocycles. The molecule has 0 radical (unpaired) electrons. The van der Waals surface area contributed by atoms with Crippen molar-refractivity contribution in [2.45, 2.75) is 51.1 Å². The van der Waals surface area contributed by atoms with E-state index >= 15 is 0 Å². The van der Waals surface area contributed by atoms with E-state index in [-0.39, 0.29) is 17.9 Å². The van der Waals surface area contributed by atoms with Gasteiger partial charge < -0.3 is 10.1 Å². The Kier molecular flexibility index (Phi) is 7.68. The molecule has 174 valence electrons. The molecular weight excluding hydrogens is 455 g/mol. The predicted molar refractivity (Wildman–Crippen MR) is 121 cm³/mol. The minimum absolute atomic E-state index is 0.0423. The summed E-state index contributed by atoms with van der Waals surface area (Å²) in [5.74, 6) is -1.96. The highest BCUT2D eigenvalue weighted by molar-refractivity contribution is 7.91. The van der Waals surface area contributed by atoms with Gasteiger partial charge in [0, 0.05) is 30.4 Å². The van der Waals surface area contributed by atoms with E-state index in [2.05, 4.69) is 24.1 Å². The lowest BCUT2D eigenvalue weighted by Gasteiger charge is -2.30. The highest BCUT2D eigenvalue weighted by Crippen LogP contribution is 2.38. The number of carbonyl (C=O) groups excluding carboxylic acids is 2. The molecule has 32 heavy (non-hydrogen) atoms. The number of nitrogens with zero attached hydrogens (tertiary/aromatic N) is 1. The lowest BCUT2D eigenvalue weighted by molar-refractivity contribution is -0.115. The largest absolute Gasteiger partial charge is 0.462 e. The molecule has 1 aromatic carbocycles. The summed E-state index contributed by atoms with van der Waals surface area (Å²) in [6.07, 6.45) is 0.385. The number of anilines is 1. The second-order valence-electron chi connectivity index (χ2n) is 7.81. The van der Waals surface area contributed by atoms with E-state index in [0.29, 0.717) is 29.6 Å². The van der Waals surface area contributed by atoms with Crippen LogP contribution in [0.15, 0.2) is 29.2 Å². The summed E-state index contributed by atoms with van der Waals surface area (Å²) in [5, 5.41) is 3.11. The molecular formula is C22H27FN2O5S2. The summed E-state index contributed by atoms with van der Waals surface area (Å²) >= 11 is 1.33. The van der Waals surface area contributed by atoms with Crippen LogP contribution in [0, 0.1) is 5.82 Å². The van der Waals surface area contributed by atoms with Crippen molar-refractivity contribution in [2.75, 3.05) is 24.2 Å². The fourth-order valence-electron chi connectivity index (χ4n) is 3.55. The SMILES string of the molecule is CCOC(=O)c1c(NC(=O)CCS(=O)(=O)c2ccc(F)cc2)sc2c1CCN(C(C)C)C2. The van der Waals surface area contributed by atoms with Crippen LogP contribution in [-0.4, -0.2) is 50.1 Å². The first-order valence-electron chi connectivity index (χ1n) is 10.5. The Bertz CT molecular complexity index is 1090. The number of thiophene rings is 1. The molecule has 2 heterocycles. The van der Waals surface area contributed by atoms with Crippen molar-refractivity contribution >= 4 is 38.1 Å². The Morgan fingerprint density at radius 2 is 1.94 bits per heavy atom. The number of sulfone groups is 1. The number of hydrogen-bond acceptors (Lipinski definition) is 7. The maximum Gasteiger partial charge on any atom is 0.341 e. The van der Waals surface area contributed by atoms with Crippen molar-refractivity contribution in [1.82, 2.24) is 4.90 Å². The van der Waals surface area contributed by atoms with Crippen molar-refractivity contribution in [1.29, 1.82) is 0 Å². The molecule has 0 aliphatic carbocycles. The lowest BCUT2D eigenvalue weighted by atomic mass is 10.0. The van der Waals surface area contributed by atoms with E-state index in [1.807, 2.05) is 0 Å². The number of ether oxygens (including phenoxy) is 1. The van der Waals surface area contributed by atoms with E-state index in [0.717, 1.165) is 29.1 Å². The monoisotopic (exact) mass is 482 g/mol. The fraction of sp³-hybridized carbons (Fsp3) is 0.455. The molecule has 1 aliphatic heterocycles. The van der Waals surface area contributed by atoms with Gasteiger partial charge in [-0.15, -0.1) is 11.3 Å². The standard InChI is InChI=1S/C22H27FN2O5S2/c1-4-30-22(27)20-17-9-11-25(14(2)3)13-18(17)31-21(20)24-19(26)10-12-32(28,29)16-7-5-15(23)6-8-16/h5-8,14H,4,9-13H2,1-3H3,(H,24,26). The fourth-order valence-corrected chi connectivity index (χ4v) is 6.07. The first kappa shape index (κ1) is 24.3. The van der Waals surface area contributed by atoms with Gasteiger partial charge in [-0.1, -0.05) is 0 Å². The first-order chi connectivity index (χ1) is 15.1. The quantitative estimate of drug-likeness (QED) is 0.456. The highest BCUT2D eigenvalue weighted by Gasteiger charge is 2.30. The Labute approximate surface area is 191 Å². The van der Waals surface area contributed by atoms with E-state index in [1.165, 1.54) is 23.5 Å².